The highest BCUT2D eigenvalue weighted by molar-refractivity contribution is 6.41. The molecule has 0 N–H and O–H groups in total. The van der Waals surface area contributed by atoms with Crippen molar-refractivity contribution in [2.45, 2.75) is 19.4 Å². The highest BCUT2D eigenvalue weighted by Gasteiger charge is 2.32. The van der Waals surface area contributed by atoms with Gasteiger partial charge in [-0.3, -0.25) is 9.79 Å². The van der Waals surface area contributed by atoms with Gasteiger partial charge in [-0.25, -0.2) is 4.99 Å². The molecule has 7 nitrogen and oxygen atoms in total. The summed E-state index contributed by atoms with van der Waals surface area (Å²) in [4.78, 5) is 28.3. The van der Waals surface area contributed by atoms with E-state index in [2.05, 4.69) is 21.7 Å². The number of ether oxygens (including phenoxy) is 1. The Morgan fingerprint density at radius 3 is 2.81 bits per heavy atom. The average molecular weight is 367 g/mol. The zero-order valence-corrected chi connectivity index (χ0v) is 15.8. The Morgan fingerprint density at radius 2 is 2.04 bits per heavy atom. The Hall–Kier alpha value is -2.83. The summed E-state index contributed by atoms with van der Waals surface area (Å²) in [5.74, 6) is 2.83. The number of carbonyl (C=O) groups excluding carboxylic acids is 1. The summed E-state index contributed by atoms with van der Waals surface area (Å²) < 4.78 is 5.24. The van der Waals surface area contributed by atoms with Gasteiger partial charge in [0.05, 0.1) is 19.6 Å². The lowest BCUT2D eigenvalue weighted by Crippen LogP contribution is -2.54. The summed E-state index contributed by atoms with van der Waals surface area (Å²) in [6.07, 6.45) is 4.23. The van der Waals surface area contributed by atoms with Gasteiger partial charge in [0.25, 0.3) is 0 Å². The molecule has 0 aromatic heterocycles. The molecule has 0 aliphatic carbocycles. The second-order valence-electron chi connectivity index (χ2n) is 7.10. The molecule has 27 heavy (non-hydrogen) atoms. The van der Waals surface area contributed by atoms with E-state index in [9.17, 15) is 4.79 Å². The lowest BCUT2D eigenvalue weighted by molar-refractivity contribution is -0.131. The number of aliphatic imine (C=N–C) groups is 2. The van der Waals surface area contributed by atoms with E-state index in [0.717, 1.165) is 42.6 Å². The van der Waals surface area contributed by atoms with Gasteiger partial charge in [0, 0.05) is 45.1 Å². The van der Waals surface area contributed by atoms with Gasteiger partial charge in [-0.2, -0.15) is 0 Å². The van der Waals surface area contributed by atoms with E-state index in [0.29, 0.717) is 25.6 Å². The molecule has 3 aliphatic heterocycles. The molecule has 0 bridgehead atoms. The summed E-state index contributed by atoms with van der Waals surface area (Å²) in [6, 6.07) is 7.99. The van der Waals surface area contributed by atoms with E-state index in [1.165, 1.54) is 0 Å². The first-order chi connectivity index (χ1) is 13.1. The maximum atomic E-state index is 12.7. The predicted octanol–water partition coefficient (Wildman–Crippen LogP) is 1.37. The lowest BCUT2D eigenvalue weighted by Gasteiger charge is -2.37. The van der Waals surface area contributed by atoms with Crippen molar-refractivity contribution in [3.8, 4) is 5.75 Å². The van der Waals surface area contributed by atoms with Gasteiger partial charge in [-0.15, -0.1) is 0 Å². The van der Waals surface area contributed by atoms with Crippen molar-refractivity contribution in [2.24, 2.45) is 9.98 Å². The van der Waals surface area contributed by atoms with E-state index in [4.69, 9.17) is 9.73 Å². The van der Waals surface area contributed by atoms with Crippen LogP contribution in [-0.2, 0) is 11.2 Å². The number of benzene rings is 1. The number of rotatable bonds is 3. The summed E-state index contributed by atoms with van der Waals surface area (Å²) >= 11 is 0. The fourth-order valence-corrected chi connectivity index (χ4v) is 3.71. The van der Waals surface area contributed by atoms with Crippen LogP contribution in [0.3, 0.4) is 0 Å². The number of carbonyl (C=O) groups is 1. The summed E-state index contributed by atoms with van der Waals surface area (Å²) in [5, 5.41) is 0. The van der Waals surface area contributed by atoms with E-state index in [1.807, 2.05) is 41.6 Å². The molecule has 1 aromatic carbocycles. The predicted molar refractivity (Wildman–Crippen MR) is 105 cm³/mol. The first-order valence-corrected chi connectivity index (χ1v) is 9.39. The van der Waals surface area contributed by atoms with Crippen LogP contribution in [0.1, 0.15) is 12.5 Å². The van der Waals surface area contributed by atoms with E-state index < -0.39 is 0 Å². The van der Waals surface area contributed by atoms with E-state index in [-0.39, 0.29) is 5.91 Å². The van der Waals surface area contributed by atoms with Crippen molar-refractivity contribution >= 4 is 17.6 Å². The maximum absolute atomic E-state index is 12.7. The first kappa shape index (κ1) is 17.6. The molecule has 1 amide bonds. The van der Waals surface area contributed by atoms with Gasteiger partial charge in [-0.1, -0.05) is 12.1 Å². The molecule has 1 saturated heterocycles. The first-order valence-electron chi connectivity index (χ1n) is 9.39. The van der Waals surface area contributed by atoms with Crippen LogP contribution in [0.4, 0.5) is 0 Å². The van der Waals surface area contributed by atoms with E-state index in [1.54, 1.807) is 7.11 Å². The Balaban J connectivity index is 1.36. The second kappa shape index (κ2) is 7.42. The molecule has 3 aliphatic rings. The van der Waals surface area contributed by atoms with Gasteiger partial charge in [0.15, 0.2) is 11.7 Å². The summed E-state index contributed by atoms with van der Waals surface area (Å²) in [7, 11) is 1.64. The van der Waals surface area contributed by atoms with Crippen LogP contribution in [-0.4, -0.2) is 78.2 Å². The highest BCUT2D eigenvalue weighted by atomic mass is 16.5. The van der Waals surface area contributed by atoms with Crippen LogP contribution in [0.5, 0.6) is 5.75 Å². The van der Waals surface area contributed by atoms with Crippen LogP contribution in [0.15, 0.2) is 46.7 Å². The molecule has 0 saturated carbocycles. The summed E-state index contributed by atoms with van der Waals surface area (Å²) in [6.45, 7) is 5.98. The molecule has 0 radical (unpaired) electrons. The topological polar surface area (TPSA) is 60.7 Å². The fourth-order valence-electron chi connectivity index (χ4n) is 3.71. The average Bonchev–Trinajstić information content (AvgIpc) is 3.08. The highest BCUT2D eigenvalue weighted by Crippen LogP contribution is 2.18. The minimum Gasteiger partial charge on any atom is -0.497 e. The van der Waals surface area contributed by atoms with Crippen molar-refractivity contribution in [2.75, 3.05) is 39.8 Å². The van der Waals surface area contributed by atoms with Crippen molar-refractivity contribution in [3.05, 3.63) is 42.2 Å². The standard InChI is InChI=1S/C20H25N5O2/c1-15-14-25-7-6-21-19(20(25)22-15)24-10-8-23(9-11-24)18(26)13-16-4-3-5-17(12-16)27-2/h3-7,12,15H,8-11,13-14H2,1-2H3. The second-order valence-corrected chi connectivity index (χ2v) is 7.10. The Labute approximate surface area is 159 Å². The zero-order valence-electron chi connectivity index (χ0n) is 15.8. The number of methoxy groups -OCH3 is 1. The van der Waals surface area contributed by atoms with Crippen LogP contribution in [0, 0.1) is 0 Å². The van der Waals surface area contributed by atoms with Crippen molar-refractivity contribution in [1.29, 1.82) is 0 Å². The monoisotopic (exact) mass is 367 g/mol. The normalized spacial score (nSPS) is 21.7. The number of piperazine rings is 1. The molecular weight excluding hydrogens is 342 g/mol. The molecule has 1 atom stereocenters. The quantitative estimate of drug-likeness (QED) is 0.810. The van der Waals surface area contributed by atoms with Gasteiger partial charge >= 0.3 is 0 Å². The molecule has 142 valence electrons. The SMILES string of the molecule is COc1cccc(CC(=O)N2CCN(C3=NC=CN4CC(C)N=C34)CC2)c1. The molecular formula is C20H25N5O2. The molecule has 1 aromatic rings. The number of fused-ring (bicyclic) bond motifs is 1. The smallest absolute Gasteiger partial charge is 0.227 e. The van der Waals surface area contributed by atoms with E-state index >= 15 is 0 Å². The Morgan fingerprint density at radius 1 is 1.22 bits per heavy atom. The minimum atomic E-state index is 0.154. The summed E-state index contributed by atoms with van der Waals surface area (Å²) in [5.41, 5.74) is 0.980. The van der Waals surface area contributed by atoms with Crippen LogP contribution in [0.2, 0.25) is 0 Å². The van der Waals surface area contributed by atoms with Crippen molar-refractivity contribution < 1.29 is 9.53 Å². The lowest BCUT2D eigenvalue weighted by atomic mass is 10.1. The van der Waals surface area contributed by atoms with Crippen LogP contribution in [0.25, 0.3) is 0 Å². The number of amidine groups is 2. The van der Waals surface area contributed by atoms with Crippen molar-refractivity contribution in [3.63, 3.8) is 0 Å². The van der Waals surface area contributed by atoms with Gasteiger partial charge in [0.2, 0.25) is 5.91 Å². The number of hydrogen-bond donors (Lipinski definition) is 0. The van der Waals surface area contributed by atoms with Crippen LogP contribution >= 0.6 is 0 Å². The molecule has 1 fully saturated rings. The molecule has 7 heteroatoms. The van der Waals surface area contributed by atoms with Gasteiger partial charge < -0.3 is 19.4 Å². The van der Waals surface area contributed by atoms with Crippen LogP contribution < -0.4 is 4.74 Å². The molecule has 3 heterocycles. The fraction of sp³-hybridized carbons (Fsp3) is 0.450. The zero-order chi connectivity index (χ0) is 18.8. The largest absolute Gasteiger partial charge is 0.497 e. The number of amides is 1. The number of nitrogens with zero attached hydrogens (tertiary/aromatic N) is 5. The Bertz CT molecular complexity index is 808. The minimum absolute atomic E-state index is 0.154. The van der Waals surface area contributed by atoms with Crippen molar-refractivity contribution in [1.82, 2.24) is 14.7 Å². The third-order valence-corrected chi connectivity index (χ3v) is 5.14. The maximum Gasteiger partial charge on any atom is 0.227 e. The number of hydrogen-bond acceptors (Lipinski definition) is 6. The molecule has 0 spiro atoms. The van der Waals surface area contributed by atoms with Gasteiger partial charge in [-0.05, 0) is 24.6 Å². The molecule has 4 rings (SSSR count). The third kappa shape index (κ3) is 3.67. The van der Waals surface area contributed by atoms with Gasteiger partial charge in [0.1, 0.15) is 5.75 Å². The Kier molecular flexibility index (Phi) is 4.83. The third-order valence-electron chi connectivity index (χ3n) is 5.14. The molecule has 1 unspecified atom stereocenters.